The molecule has 11 aromatic rings. The van der Waals surface area contributed by atoms with Gasteiger partial charge in [-0.25, -0.2) is 9.98 Å². The van der Waals surface area contributed by atoms with Crippen molar-refractivity contribution in [2.45, 2.75) is 25.4 Å². The lowest BCUT2D eigenvalue weighted by atomic mass is 9.82. The van der Waals surface area contributed by atoms with Crippen molar-refractivity contribution in [1.82, 2.24) is 5.32 Å². The van der Waals surface area contributed by atoms with Gasteiger partial charge in [-0.3, -0.25) is 0 Å². The molecule has 0 spiro atoms. The Bertz CT molecular complexity index is 3740. The molecule has 0 radical (unpaired) electrons. The third-order valence-electron chi connectivity index (χ3n) is 13.7. The zero-order valence-corrected chi connectivity index (χ0v) is 35.4. The molecule has 1 aromatic heterocycles. The molecule has 10 aromatic carbocycles. The quantitative estimate of drug-likeness (QED) is 0.176. The predicted octanol–water partition coefficient (Wildman–Crippen LogP) is 15.2. The van der Waals surface area contributed by atoms with Crippen molar-refractivity contribution in [3.8, 4) is 33.4 Å². The lowest BCUT2D eigenvalue weighted by Gasteiger charge is -2.25. The normalized spacial score (nSPS) is 15.3. The van der Waals surface area contributed by atoms with E-state index >= 15 is 0 Å². The highest BCUT2D eigenvalue weighted by atomic mass is 16.3. The number of fused-ring (bicyclic) bond motifs is 12. The molecule has 1 N–H and O–H groups in total. The van der Waals surface area contributed by atoms with Gasteiger partial charge in [0.05, 0.1) is 0 Å². The van der Waals surface area contributed by atoms with E-state index in [-0.39, 0.29) is 11.6 Å². The molecular weight excluding hydrogens is 779 g/mol. The molecule has 0 bridgehead atoms. The van der Waals surface area contributed by atoms with E-state index in [1.54, 1.807) is 0 Å². The number of benzene rings is 10. The van der Waals surface area contributed by atoms with E-state index in [1.807, 2.05) is 18.2 Å². The summed E-state index contributed by atoms with van der Waals surface area (Å²) in [6, 6.07) is 72.0. The van der Waals surface area contributed by atoms with Gasteiger partial charge in [-0.2, -0.15) is 0 Å². The molecule has 1 unspecified atom stereocenters. The molecule has 2 heterocycles. The number of amidine groups is 2. The van der Waals surface area contributed by atoms with Crippen LogP contribution in [0.4, 0.5) is 0 Å². The maximum Gasteiger partial charge on any atom is 0.159 e. The molecule has 302 valence electrons. The highest BCUT2D eigenvalue weighted by molar-refractivity contribution is 6.26. The molecule has 2 aliphatic rings. The van der Waals surface area contributed by atoms with Crippen molar-refractivity contribution in [3.63, 3.8) is 0 Å². The van der Waals surface area contributed by atoms with Gasteiger partial charge >= 0.3 is 0 Å². The van der Waals surface area contributed by atoms with Crippen LogP contribution in [0.5, 0.6) is 0 Å². The first-order chi connectivity index (χ1) is 31.5. The van der Waals surface area contributed by atoms with Crippen molar-refractivity contribution < 1.29 is 4.42 Å². The van der Waals surface area contributed by atoms with Crippen molar-refractivity contribution in [2.24, 2.45) is 9.98 Å². The molecule has 0 fully saturated rings. The van der Waals surface area contributed by atoms with Crippen molar-refractivity contribution in [1.29, 1.82) is 0 Å². The summed E-state index contributed by atoms with van der Waals surface area (Å²) in [6.45, 7) is 4.64. The summed E-state index contributed by atoms with van der Waals surface area (Å²) in [5.74, 6) is 1.53. The van der Waals surface area contributed by atoms with Crippen LogP contribution in [0, 0.1) is 0 Å². The molecule has 64 heavy (non-hydrogen) atoms. The Kier molecular flexibility index (Phi) is 7.98. The molecule has 0 amide bonds. The largest absolute Gasteiger partial charge is 0.456 e. The van der Waals surface area contributed by atoms with Crippen molar-refractivity contribution >= 4 is 65.9 Å². The maximum absolute atomic E-state index is 6.53. The van der Waals surface area contributed by atoms with Gasteiger partial charge in [0.1, 0.15) is 23.2 Å². The molecule has 4 nitrogen and oxygen atoms in total. The summed E-state index contributed by atoms with van der Waals surface area (Å²) < 4.78 is 6.53. The molecule has 1 atom stereocenters. The standard InChI is InChI=1S/C60H41N3O/c1-60(2)52-21-11-10-19-48(52)49-31-28-41(35-53(49)60)59-62-57(37-13-4-3-5-14-37)61-58(63-59)38-25-23-36(24-26-38)42-20-12-22-55-56(42)51-34-40(29-32-54(51)64-55)39-27-30-47-45-17-7-6-15-43(45)44-16-8-9-18-46(44)50(47)33-39/h3-35,58H,1-2H3,(H,61,62,63). The van der Waals surface area contributed by atoms with Crippen LogP contribution in [-0.4, -0.2) is 11.7 Å². The van der Waals surface area contributed by atoms with E-state index < -0.39 is 0 Å². The smallest absolute Gasteiger partial charge is 0.159 e. The molecule has 13 rings (SSSR count). The van der Waals surface area contributed by atoms with E-state index in [0.717, 1.165) is 61.2 Å². The van der Waals surface area contributed by atoms with E-state index in [2.05, 4.69) is 201 Å². The highest BCUT2D eigenvalue weighted by Gasteiger charge is 2.36. The summed E-state index contributed by atoms with van der Waals surface area (Å²) in [4.78, 5) is 10.4. The summed E-state index contributed by atoms with van der Waals surface area (Å²) >= 11 is 0. The van der Waals surface area contributed by atoms with Crippen LogP contribution in [-0.2, 0) is 5.41 Å². The average Bonchev–Trinajstić information content (AvgIpc) is 3.85. The molecular formula is C60H41N3O. The number of nitrogens with one attached hydrogen (secondary N) is 1. The maximum atomic E-state index is 6.53. The van der Waals surface area contributed by atoms with Gasteiger partial charge in [-0.05, 0) is 113 Å². The van der Waals surface area contributed by atoms with Gasteiger partial charge in [0, 0.05) is 27.3 Å². The fourth-order valence-corrected chi connectivity index (χ4v) is 10.5. The third-order valence-corrected chi connectivity index (χ3v) is 13.7. The van der Waals surface area contributed by atoms with Crippen LogP contribution >= 0.6 is 0 Å². The van der Waals surface area contributed by atoms with E-state index in [0.29, 0.717) is 5.84 Å². The topological polar surface area (TPSA) is 49.9 Å². The average molecular weight is 820 g/mol. The van der Waals surface area contributed by atoms with Crippen LogP contribution in [0.2, 0.25) is 0 Å². The Labute approximate surface area is 370 Å². The Morgan fingerprint density at radius 3 is 1.78 bits per heavy atom. The van der Waals surface area contributed by atoms with Gasteiger partial charge in [-0.15, -0.1) is 0 Å². The molecule has 0 saturated heterocycles. The number of rotatable bonds is 5. The lowest BCUT2D eigenvalue weighted by Crippen LogP contribution is -2.33. The van der Waals surface area contributed by atoms with E-state index in [1.165, 1.54) is 60.1 Å². The van der Waals surface area contributed by atoms with Gasteiger partial charge < -0.3 is 9.73 Å². The highest BCUT2D eigenvalue weighted by Crippen LogP contribution is 2.49. The number of furan rings is 1. The Morgan fingerprint density at radius 2 is 1.02 bits per heavy atom. The fraction of sp³-hybridized carbons (Fsp3) is 0.0667. The van der Waals surface area contributed by atoms with E-state index in [9.17, 15) is 0 Å². The van der Waals surface area contributed by atoms with Crippen LogP contribution < -0.4 is 5.32 Å². The molecule has 0 saturated carbocycles. The van der Waals surface area contributed by atoms with Crippen LogP contribution in [0.1, 0.15) is 47.8 Å². The first kappa shape index (κ1) is 36.6. The molecule has 1 aliphatic heterocycles. The second-order valence-electron chi connectivity index (χ2n) is 17.7. The first-order valence-corrected chi connectivity index (χ1v) is 22.1. The third kappa shape index (κ3) is 5.62. The van der Waals surface area contributed by atoms with Crippen molar-refractivity contribution in [2.75, 3.05) is 0 Å². The summed E-state index contributed by atoms with van der Waals surface area (Å²) in [5, 5.41) is 13.6. The Hall–Kier alpha value is -8.08. The van der Waals surface area contributed by atoms with Gasteiger partial charge in [0.2, 0.25) is 0 Å². The fourth-order valence-electron chi connectivity index (χ4n) is 10.5. The number of hydrogen-bond acceptors (Lipinski definition) is 4. The second-order valence-corrected chi connectivity index (χ2v) is 17.7. The number of nitrogens with zero attached hydrogens (tertiary/aromatic N) is 2. The Morgan fingerprint density at radius 1 is 0.422 bits per heavy atom. The Balaban J connectivity index is 0.870. The van der Waals surface area contributed by atoms with Crippen LogP contribution in [0.15, 0.2) is 215 Å². The van der Waals surface area contributed by atoms with Gasteiger partial charge in [0.25, 0.3) is 0 Å². The molecule has 1 aliphatic carbocycles. The second kappa shape index (κ2) is 14.0. The number of hydrogen-bond donors (Lipinski definition) is 1. The lowest BCUT2D eigenvalue weighted by molar-refractivity contribution is 0.658. The predicted molar refractivity (Wildman–Crippen MR) is 267 cm³/mol. The molecule has 4 heteroatoms. The minimum absolute atomic E-state index is 0.116. The minimum Gasteiger partial charge on any atom is -0.456 e. The summed E-state index contributed by atoms with van der Waals surface area (Å²) in [5.41, 5.74) is 14.6. The SMILES string of the molecule is CC1(C)c2ccccc2-c2ccc(C3=NC(c4ccccc4)=NC(c4ccc(-c5cccc6oc7ccc(-c8ccc9c%10ccccc%10c%10ccccc%10c9c8)cc7c56)cc4)N3)cc21. The zero-order chi connectivity index (χ0) is 42.5. The van der Waals surface area contributed by atoms with Crippen molar-refractivity contribution in [3.05, 3.63) is 228 Å². The first-order valence-electron chi connectivity index (χ1n) is 22.1. The monoisotopic (exact) mass is 819 g/mol. The van der Waals surface area contributed by atoms with Crippen LogP contribution in [0.25, 0.3) is 87.6 Å². The number of aliphatic imine (C=N–C) groups is 2. The van der Waals surface area contributed by atoms with Gasteiger partial charge in [0.15, 0.2) is 5.84 Å². The summed E-state index contributed by atoms with van der Waals surface area (Å²) in [7, 11) is 0. The van der Waals surface area contributed by atoms with Gasteiger partial charge in [-0.1, -0.05) is 184 Å². The minimum atomic E-state index is -0.333. The summed E-state index contributed by atoms with van der Waals surface area (Å²) in [6.07, 6.45) is -0.333. The van der Waals surface area contributed by atoms with Crippen LogP contribution in [0.3, 0.4) is 0 Å². The zero-order valence-electron chi connectivity index (χ0n) is 35.4. The van der Waals surface area contributed by atoms with E-state index in [4.69, 9.17) is 14.4 Å².